The Morgan fingerprint density at radius 3 is 1.30 bits per heavy atom. The average molecular weight is 709 g/mol. The largest absolute Gasteiger partial charge is 0.466 e. The molecule has 6 atom stereocenters. The highest BCUT2D eigenvalue weighted by Crippen LogP contribution is 2.40. The molecule has 0 aromatic rings. The van der Waals surface area contributed by atoms with Gasteiger partial charge in [-0.1, -0.05) is 0 Å². The fraction of sp³-hybridized carbons (Fsp3) is 0.868. The van der Waals surface area contributed by atoms with Crippen molar-refractivity contribution in [2.75, 3.05) is 33.0 Å². The summed E-state index contributed by atoms with van der Waals surface area (Å²) in [6, 6.07) is 0. The molecule has 4 aliphatic rings. The third-order valence-electron chi connectivity index (χ3n) is 10.1. The molecule has 6 unspecified atom stereocenters. The maximum absolute atomic E-state index is 12.1. The number of hydrogen-bond acceptors (Lipinski definition) is 12. The number of carbonyl (C=O) groups is 5. The van der Waals surface area contributed by atoms with E-state index >= 15 is 0 Å². The molecular formula is C38H60O12. The summed E-state index contributed by atoms with van der Waals surface area (Å²) >= 11 is 0. The summed E-state index contributed by atoms with van der Waals surface area (Å²) in [5.41, 5.74) is 0. The van der Waals surface area contributed by atoms with Crippen LogP contribution in [0.1, 0.15) is 141 Å². The second-order valence-electron chi connectivity index (χ2n) is 14.4. The standard InChI is InChI=1S/C38H60O12/c39-34(13-5-2-10-22-45-36(41)15-7-4-12-24-47-38(43)29-18-20-31-33(26-29)50-31)44-21-9-1-6-14-35(40)46-23-11-3-8-16-37(42)48-27-28-17-19-30-32(25-28)49-30/h28-33H,1-27H2. The lowest BCUT2D eigenvalue weighted by Crippen LogP contribution is -2.24. The van der Waals surface area contributed by atoms with E-state index in [0.717, 1.165) is 83.5 Å². The molecule has 0 N–H and O–H groups in total. The number of rotatable bonds is 27. The highest BCUT2D eigenvalue weighted by atomic mass is 16.6. The van der Waals surface area contributed by atoms with E-state index in [4.69, 9.17) is 33.2 Å². The van der Waals surface area contributed by atoms with Gasteiger partial charge in [-0.15, -0.1) is 0 Å². The van der Waals surface area contributed by atoms with Crippen LogP contribution in [0.25, 0.3) is 0 Å². The van der Waals surface area contributed by atoms with Crippen molar-refractivity contribution < 1.29 is 57.1 Å². The Morgan fingerprint density at radius 1 is 0.420 bits per heavy atom. The summed E-state index contributed by atoms with van der Waals surface area (Å²) in [7, 11) is 0. The Morgan fingerprint density at radius 2 is 0.840 bits per heavy atom. The lowest BCUT2D eigenvalue weighted by Gasteiger charge is -2.18. The van der Waals surface area contributed by atoms with Crippen LogP contribution in [0.4, 0.5) is 0 Å². The number of unbranched alkanes of at least 4 members (excludes halogenated alkanes) is 8. The quantitative estimate of drug-likeness (QED) is 0.0420. The van der Waals surface area contributed by atoms with Crippen LogP contribution in [0.2, 0.25) is 0 Å². The third kappa shape index (κ3) is 17.0. The summed E-state index contributed by atoms with van der Waals surface area (Å²) < 4.78 is 37.6. The monoisotopic (exact) mass is 708 g/mol. The fourth-order valence-corrected chi connectivity index (χ4v) is 6.80. The van der Waals surface area contributed by atoms with Gasteiger partial charge < -0.3 is 33.2 Å². The van der Waals surface area contributed by atoms with Gasteiger partial charge in [0.15, 0.2) is 0 Å². The zero-order chi connectivity index (χ0) is 35.4. The Kier molecular flexibility index (Phi) is 18.4. The first-order chi connectivity index (χ1) is 24.4. The van der Waals surface area contributed by atoms with Crippen LogP contribution in [-0.4, -0.2) is 87.3 Å². The van der Waals surface area contributed by atoms with E-state index in [1.54, 1.807) is 0 Å². The molecule has 12 heteroatoms. The first-order valence-corrected chi connectivity index (χ1v) is 19.5. The summed E-state index contributed by atoms with van der Waals surface area (Å²) in [5.74, 6) is -0.554. The van der Waals surface area contributed by atoms with Crippen LogP contribution in [-0.2, 0) is 57.1 Å². The minimum absolute atomic E-state index is 0.0296. The molecule has 0 amide bonds. The summed E-state index contributed by atoms with van der Waals surface area (Å²) in [5, 5.41) is 0. The predicted octanol–water partition coefficient (Wildman–Crippen LogP) is 6.08. The Balaban J connectivity index is 0.817. The van der Waals surface area contributed by atoms with Crippen molar-refractivity contribution in [3.63, 3.8) is 0 Å². The third-order valence-corrected chi connectivity index (χ3v) is 10.1. The maximum atomic E-state index is 12.1. The molecule has 284 valence electrons. The Hall–Kier alpha value is -2.73. The van der Waals surface area contributed by atoms with Crippen LogP contribution >= 0.6 is 0 Å². The van der Waals surface area contributed by atoms with E-state index in [1.807, 2.05) is 0 Å². The SMILES string of the molecule is O=C(CCCCCOC(=O)CCCCCOC(=O)C1CCC2OC2C1)OCCCCCC(=O)OCCCCCC(=O)OCC1CCC2OC2C1. The predicted molar refractivity (Wildman–Crippen MR) is 181 cm³/mol. The van der Waals surface area contributed by atoms with Crippen LogP contribution in [0.15, 0.2) is 0 Å². The van der Waals surface area contributed by atoms with Gasteiger partial charge in [-0.3, -0.25) is 24.0 Å². The van der Waals surface area contributed by atoms with Gasteiger partial charge in [-0.2, -0.15) is 0 Å². The summed E-state index contributed by atoms with van der Waals surface area (Å²) in [6.07, 6.45) is 17.5. The summed E-state index contributed by atoms with van der Waals surface area (Å²) in [4.78, 5) is 59.9. The molecule has 0 aromatic carbocycles. The Bertz CT molecular complexity index is 1060. The normalized spacial score (nSPS) is 24.6. The second kappa shape index (κ2) is 23.0. The highest BCUT2D eigenvalue weighted by Gasteiger charge is 2.46. The smallest absolute Gasteiger partial charge is 0.309 e. The van der Waals surface area contributed by atoms with Gasteiger partial charge in [-0.05, 0) is 121 Å². The minimum atomic E-state index is -0.236. The number of carbonyl (C=O) groups excluding carboxylic acids is 5. The van der Waals surface area contributed by atoms with Crippen molar-refractivity contribution in [1.82, 2.24) is 0 Å². The van der Waals surface area contributed by atoms with Crippen molar-refractivity contribution in [3.05, 3.63) is 0 Å². The van der Waals surface area contributed by atoms with E-state index in [-0.39, 0.29) is 41.9 Å². The molecule has 2 aliphatic carbocycles. The molecule has 0 aromatic heterocycles. The first-order valence-electron chi connectivity index (χ1n) is 19.5. The van der Waals surface area contributed by atoms with Gasteiger partial charge in [-0.25, -0.2) is 0 Å². The molecule has 4 fully saturated rings. The molecule has 0 radical (unpaired) electrons. The molecule has 4 rings (SSSR count). The lowest BCUT2D eigenvalue weighted by atomic mass is 9.89. The molecule has 2 heterocycles. The van der Waals surface area contributed by atoms with Crippen molar-refractivity contribution in [3.8, 4) is 0 Å². The number of fused-ring (bicyclic) bond motifs is 2. The van der Waals surface area contributed by atoms with Crippen LogP contribution in [0.3, 0.4) is 0 Å². The van der Waals surface area contributed by atoms with Crippen LogP contribution < -0.4 is 0 Å². The van der Waals surface area contributed by atoms with E-state index in [1.165, 1.54) is 0 Å². The molecule has 2 saturated heterocycles. The van der Waals surface area contributed by atoms with Gasteiger partial charge in [0.1, 0.15) is 0 Å². The van der Waals surface area contributed by atoms with Gasteiger partial charge in [0.25, 0.3) is 0 Å². The number of esters is 5. The van der Waals surface area contributed by atoms with Crippen LogP contribution in [0.5, 0.6) is 0 Å². The number of epoxide rings is 2. The molecule has 12 nitrogen and oxygen atoms in total. The highest BCUT2D eigenvalue weighted by molar-refractivity contribution is 5.73. The average Bonchev–Trinajstić information content (AvgIpc) is 4.04. The fourth-order valence-electron chi connectivity index (χ4n) is 6.80. The van der Waals surface area contributed by atoms with Gasteiger partial charge in [0.05, 0.1) is 63.4 Å². The molecule has 2 aliphatic heterocycles. The van der Waals surface area contributed by atoms with E-state index in [9.17, 15) is 24.0 Å². The number of ether oxygens (including phenoxy) is 7. The minimum Gasteiger partial charge on any atom is -0.466 e. The van der Waals surface area contributed by atoms with Gasteiger partial charge in [0.2, 0.25) is 0 Å². The summed E-state index contributed by atoms with van der Waals surface area (Å²) in [6.45, 7) is 1.93. The maximum Gasteiger partial charge on any atom is 0.309 e. The second-order valence-corrected chi connectivity index (χ2v) is 14.4. The lowest BCUT2D eigenvalue weighted by molar-refractivity contribution is -0.150. The molecular weight excluding hydrogens is 648 g/mol. The molecule has 0 spiro atoms. The topological polar surface area (TPSA) is 157 Å². The molecule has 0 bridgehead atoms. The van der Waals surface area contributed by atoms with E-state index in [0.29, 0.717) is 115 Å². The van der Waals surface area contributed by atoms with Crippen molar-refractivity contribution in [2.24, 2.45) is 11.8 Å². The molecule has 50 heavy (non-hydrogen) atoms. The van der Waals surface area contributed by atoms with Crippen molar-refractivity contribution in [1.29, 1.82) is 0 Å². The van der Waals surface area contributed by atoms with E-state index in [2.05, 4.69) is 0 Å². The first kappa shape index (κ1) is 40.0. The van der Waals surface area contributed by atoms with Crippen LogP contribution in [0, 0.1) is 11.8 Å². The van der Waals surface area contributed by atoms with Gasteiger partial charge >= 0.3 is 29.8 Å². The van der Waals surface area contributed by atoms with E-state index < -0.39 is 0 Å². The van der Waals surface area contributed by atoms with Crippen molar-refractivity contribution >= 4 is 29.8 Å². The number of hydrogen-bond donors (Lipinski definition) is 0. The zero-order valence-corrected chi connectivity index (χ0v) is 30.0. The van der Waals surface area contributed by atoms with Crippen molar-refractivity contribution in [2.45, 2.75) is 166 Å². The Labute approximate surface area is 297 Å². The zero-order valence-electron chi connectivity index (χ0n) is 30.0. The molecule has 2 saturated carbocycles. The van der Waals surface area contributed by atoms with Gasteiger partial charge in [0, 0.05) is 25.7 Å².